The van der Waals surface area contributed by atoms with Crippen LogP contribution in [0.4, 0.5) is 10.1 Å². The minimum Gasteiger partial charge on any atom is -0.326 e. The lowest BCUT2D eigenvalue weighted by Gasteiger charge is -2.30. The van der Waals surface area contributed by atoms with E-state index in [9.17, 15) is 9.18 Å². The Bertz CT molecular complexity index is 1120. The number of aromatic nitrogens is 1. The van der Waals surface area contributed by atoms with Crippen molar-refractivity contribution in [1.82, 2.24) is 4.98 Å². The summed E-state index contributed by atoms with van der Waals surface area (Å²) in [6.07, 6.45) is 6.92. The van der Waals surface area contributed by atoms with Crippen LogP contribution >= 0.6 is 11.6 Å². The molecule has 1 amide bonds. The van der Waals surface area contributed by atoms with E-state index in [0.29, 0.717) is 16.5 Å². The minimum atomic E-state index is -0.176. The van der Waals surface area contributed by atoms with Gasteiger partial charge in [-0.1, -0.05) is 11.6 Å². The van der Waals surface area contributed by atoms with Gasteiger partial charge in [-0.2, -0.15) is 0 Å². The highest BCUT2D eigenvalue weighted by molar-refractivity contribution is 6.30. The Labute approximate surface area is 180 Å². The van der Waals surface area contributed by atoms with Crippen LogP contribution in [-0.2, 0) is 4.79 Å². The van der Waals surface area contributed by atoms with Crippen molar-refractivity contribution in [2.75, 3.05) is 5.32 Å². The number of benzene rings is 2. The maximum absolute atomic E-state index is 14.2. The van der Waals surface area contributed by atoms with Crippen molar-refractivity contribution in [1.29, 1.82) is 0 Å². The fraction of sp³-hybridized carbons (Fsp3) is 0.360. The summed E-state index contributed by atoms with van der Waals surface area (Å²) in [6, 6.07) is 12.7. The molecule has 5 rings (SSSR count). The zero-order chi connectivity index (χ0) is 20.9. The number of pyridine rings is 1. The molecule has 0 saturated heterocycles. The van der Waals surface area contributed by atoms with E-state index in [2.05, 4.69) is 10.3 Å². The van der Waals surface area contributed by atoms with Crippen LogP contribution in [0.1, 0.15) is 49.1 Å². The molecule has 30 heavy (non-hydrogen) atoms. The molecule has 0 radical (unpaired) electrons. The lowest BCUT2D eigenvalue weighted by molar-refractivity contribution is -0.118. The summed E-state index contributed by atoms with van der Waals surface area (Å²) in [5.74, 6) is 0.417. The number of amides is 1. The number of nitrogens with one attached hydrogen (secondary N) is 1. The van der Waals surface area contributed by atoms with Gasteiger partial charge in [-0.05, 0) is 104 Å². The molecular formula is C25H24ClFN2O. The van der Waals surface area contributed by atoms with Crippen LogP contribution in [0.3, 0.4) is 0 Å². The molecule has 2 aromatic carbocycles. The molecule has 1 aromatic heterocycles. The summed E-state index contributed by atoms with van der Waals surface area (Å²) in [7, 11) is 0. The highest BCUT2D eigenvalue weighted by atomic mass is 35.5. The van der Waals surface area contributed by atoms with Crippen molar-refractivity contribution in [2.45, 2.75) is 44.9 Å². The summed E-state index contributed by atoms with van der Waals surface area (Å²) in [5, 5.41) is 4.62. The van der Waals surface area contributed by atoms with Crippen molar-refractivity contribution in [3.05, 3.63) is 70.6 Å². The van der Waals surface area contributed by atoms with Gasteiger partial charge in [0.05, 0.1) is 5.52 Å². The van der Waals surface area contributed by atoms with Crippen LogP contribution in [0.5, 0.6) is 0 Å². The minimum absolute atomic E-state index is 0.0865. The quantitative estimate of drug-likeness (QED) is 0.514. The molecule has 2 fully saturated rings. The van der Waals surface area contributed by atoms with Gasteiger partial charge in [-0.15, -0.1) is 0 Å². The number of carbonyl (C=O) groups excluding carboxylic acids is 1. The number of carbonyl (C=O) groups is 1. The molecule has 0 unspecified atom stereocenters. The number of fused-ring (bicyclic) bond motifs is 1. The summed E-state index contributed by atoms with van der Waals surface area (Å²) in [4.78, 5) is 17.2. The van der Waals surface area contributed by atoms with E-state index >= 15 is 0 Å². The van der Waals surface area contributed by atoms with E-state index in [-0.39, 0.29) is 23.1 Å². The van der Waals surface area contributed by atoms with Gasteiger partial charge in [0.15, 0.2) is 0 Å². The predicted molar refractivity (Wildman–Crippen MR) is 118 cm³/mol. The van der Waals surface area contributed by atoms with Crippen molar-refractivity contribution < 1.29 is 9.18 Å². The Morgan fingerprint density at radius 1 is 1.17 bits per heavy atom. The van der Waals surface area contributed by atoms with Gasteiger partial charge in [-0.25, -0.2) is 4.39 Å². The second kappa shape index (κ2) is 7.35. The molecular weight excluding hydrogens is 399 g/mol. The SMILES string of the molecule is Cc1cc2nccc(C3CCC4(CC3)C[C@@H]4C(=O)Nc3ccc(Cl)cc3)c2cc1F. The lowest BCUT2D eigenvalue weighted by atomic mass is 9.75. The molecule has 2 aliphatic carbocycles. The third kappa shape index (κ3) is 3.47. The molecule has 2 saturated carbocycles. The van der Waals surface area contributed by atoms with Crippen LogP contribution in [0.15, 0.2) is 48.7 Å². The molecule has 1 heterocycles. The van der Waals surface area contributed by atoms with Gasteiger partial charge < -0.3 is 5.32 Å². The number of halogens is 2. The maximum atomic E-state index is 14.2. The maximum Gasteiger partial charge on any atom is 0.228 e. The molecule has 1 spiro atoms. The number of nitrogens with zero attached hydrogens (tertiary/aromatic N) is 1. The highest BCUT2D eigenvalue weighted by Crippen LogP contribution is 2.63. The Morgan fingerprint density at radius 3 is 2.63 bits per heavy atom. The third-order valence-electron chi connectivity index (χ3n) is 7.09. The number of anilines is 1. The molecule has 3 aromatic rings. The van der Waals surface area contributed by atoms with Gasteiger partial charge in [0.1, 0.15) is 5.82 Å². The van der Waals surface area contributed by atoms with Crippen molar-refractivity contribution >= 4 is 34.1 Å². The number of hydrogen-bond acceptors (Lipinski definition) is 2. The fourth-order valence-electron chi connectivity index (χ4n) is 5.19. The van der Waals surface area contributed by atoms with Crippen LogP contribution in [0.2, 0.25) is 5.02 Å². The van der Waals surface area contributed by atoms with Gasteiger partial charge in [0.25, 0.3) is 0 Å². The van der Waals surface area contributed by atoms with Gasteiger partial charge in [0, 0.05) is 28.2 Å². The molecule has 1 N–H and O–H groups in total. The van der Waals surface area contributed by atoms with E-state index in [0.717, 1.165) is 48.7 Å². The monoisotopic (exact) mass is 422 g/mol. The Morgan fingerprint density at radius 2 is 1.90 bits per heavy atom. The molecule has 5 heteroatoms. The van der Waals surface area contributed by atoms with Crippen molar-refractivity contribution in [2.24, 2.45) is 11.3 Å². The van der Waals surface area contributed by atoms with Crippen molar-refractivity contribution in [3.8, 4) is 0 Å². The Hall–Kier alpha value is -2.46. The average Bonchev–Trinajstić information content (AvgIpc) is 3.44. The first kappa shape index (κ1) is 19.5. The normalized spacial score (nSPS) is 25.4. The summed E-state index contributed by atoms with van der Waals surface area (Å²) >= 11 is 5.92. The van der Waals surface area contributed by atoms with Crippen LogP contribution in [0, 0.1) is 24.1 Å². The second-order valence-corrected chi connectivity index (χ2v) is 9.34. The van der Waals surface area contributed by atoms with E-state index in [4.69, 9.17) is 11.6 Å². The van der Waals surface area contributed by atoms with Crippen molar-refractivity contribution in [3.63, 3.8) is 0 Å². The Balaban J connectivity index is 1.27. The topological polar surface area (TPSA) is 42.0 Å². The highest BCUT2D eigenvalue weighted by Gasteiger charge is 2.58. The van der Waals surface area contributed by atoms with E-state index < -0.39 is 0 Å². The molecule has 0 bridgehead atoms. The smallest absolute Gasteiger partial charge is 0.228 e. The lowest BCUT2D eigenvalue weighted by Crippen LogP contribution is -2.22. The van der Waals surface area contributed by atoms with Crippen LogP contribution < -0.4 is 5.32 Å². The predicted octanol–water partition coefficient (Wildman–Crippen LogP) is 6.64. The zero-order valence-corrected chi connectivity index (χ0v) is 17.7. The van der Waals surface area contributed by atoms with E-state index in [1.807, 2.05) is 30.5 Å². The molecule has 154 valence electrons. The first-order valence-corrected chi connectivity index (χ1v) is 10.9. The number of hydrogen-bond donors (Lipinski definition) is 1. The molecule has 1 atom stereocenters. The number of aryl methyl sites for hydroxylation is 1. The Kier molecular flexibility index (Phi) is 4.78. The van der Waals surface area contributed by atoms with Gasteiger partial charge in [0.2, 0.25) is 5.91 Å². The molecule has 2 aliphatic rings. The molecule has 0 aliphatic heterocycles. The van der Waals surface area contributed by atoms with Gasteiger partial charge in [-0.3, -0.25) is 9.78 Å². The van der Waals surface area contributed by atoms with E-state index in [1.165, 1.54) is 5.56 Å². The first-order chi connectivity index (χ1) is 14.4. The van der Waals surface area contributed by atoms with Crippen LogP contribution in [0.25, 0.3) is 10.9 Å². The third-order valence-corrected chi connectivity index (χ3v) is 7.35. The van der Waals surface area contributed by atoms with E-state index in [1.54, 1.807) is 25.1 Å². The summed E-state index contributed by atoms with van der Waals surface area (Å²) in [6.45, 7) is 1.77. The summed E-state index contributed by atoms with van der Waals surface area (Å²) < 4.78 is 14.2. The first-order valence-electron chi connectivity index (χ1n) is 10.6. The zero-order valence-electron chi connectivity index (χ0n) is 16.9. The van der Waals surface area contributed by atoms with Crippen LogP contribution in [-0.4, -0.2) is 10.9 Å². The summed E-state index contributed by atoms with van der Waals surface area (Å²) in [5.41, 5.74) is 3.61. The number of rotatable bonds is 3. The average molecular weight is 423 g/mol. The largest absolute Gasteiger partial charge is 0.326 e. The second-order valence-electron chi connectivity index (χ2n) is 8.91. The molecule has 3 nitrogen and oxygen atoms in total. The van der Waals surface area contributed by atoms with Gasteiger partial charge >= 0.3 is 0 Å². The standard InChI is InChI=1S/C25H24ClFN2O/c1-15-12-23-20(13-22(15)27)19(8-11-28-23)16-6-9-25(10-7-16)14-21(25)24(30)29-18-4-2-17(26)3-5-18/h2-5,8,11-13,16,21H,6-7,9-10,14H2,1H3,(H,29,30)/t16?,21-,25?/m1/s1. The fourth-order valence-corrected chi connectivity index (χ4v) is 5.31.